The van der Waals surface area contributed by atoms with E-state index in [1.54, 1.807) is 0 Å². The zero-order valence-corrected chi connectivity index (χ0v) is 11.3. The summed E-state index contributed by atoms with van der Waals surface area (Å²) >= 11 is 7.38. The van der Waals surface area contributed by atoms with Crippen molar-refractivity contribution in [1.29, 1.82) is 0 Å². The van der Waals surface area contributed by atoms with Crippen molar-refractivity contribution in [1.82, 2.24) is 9.97 Å². The fraction of sp³-hybridized carbons (Fsp3) is 0.0769. The highest BCUT2D eigenvalue weighted by Gasteiger charge is 2.15. The van der Waals surface area contributed by atoms with Crippen molar-refractivity contribution in [3.8, 4) is 10.4 Å². The molecule has 0 N–H and O–H groups in total. The lowest BCUT2D eigenvalue weighted by molar-refractivity contribution is 0.509. The lowest BCUT2D eigenvalue weighted by Crippen LogP contribution is -1.85. The van der Waals surface area contributed by atoms with Gasteiger partial charge in [-0.3, -0.25) is 0 Å². The lowest BCUT2D eigenvalue weighted by Gasteiger charge is -2.00. The van der Waals surface area contributed by atoms with E-state index in [4.69, 9.17) is 11.6 Å². The van der Waals surface area contributed by atoms with E-state index >= 15 is 0 Å². The van der Waals surface area contributed by atoms with E-state index in [2.05, 4.69) is 9.97 Å². The highest BCUT2D eigenvalue weighted by Crippen LogP contribution is 2.39. The molecule has 2 aromatic heterocycles. The first-order valence-corrected chi connectivity index (χ1v) is 6.62. The van der Waals surface area contributed by atoms with Gasteiger partial charge in [-0.05, 0) is 30.2 Å². The van der Waals surface area contributed by atoms with Gasteiger partial charge >= 0.3 is 0 Å². The summed E-state index contributed by atoms with van der Waals surface area (Å²) in [5.41, 5.74) is 2.23. The molecule has 0 aliphatic rings. The van der Waals surface area contributed by atoms with Gasteiger partial charge in [-0.25, -0.2) is 18.7 Å². The minimum Gasteiger partial charge on any atom is -0.235 e. The Bertz CT molecular complexity index is 786. The van der Waals surface area contributed by atoms with Gasteiger partial charge in [0.15, 0.2) is 11.6 Å². The molecule has 1 aromatic carbocycles. The number of aryl methyl sites for hydroxylation is 1. The molecule has 6 heteroatoms. The third-order valence-electron chi connectivity index (χ3n) is 2.84. The number of halogens is 3. The van der Waals surface area contributed by atoms with E-state index in [0.29, 0.717) is 10.7 Å². The molecule has 0 aliphatic heterocycles. The van der Waals surface area contributed by atoms with E-state index in [9.17, 15) is 8.78 Å². The Balaban J connectivity index is 2.28. The maximum Gasteiger partial charge on any atom is 0.159 e. The Labute approximate surface area is 116 Å². The van der Waals surface area contributed by atoms with Crippen LogP contribution in [0.2, 0.25) is 5.15 Å². The maximum absolute atomic E-state index is 13.3. The SMILES string of the molecule is Cc1c(-c2ccc(F)c(F)c2)sc2c(Cl)ncnc12. The second-order valence-electron chi connectivity index (χ2n) is 4.03. The van der Waals surface area contributed by atoms with E-state index in [-0.39, 0.29) is 0 Å². The summed E-state index contributed by atoms with van der Waals surface area (Å²) in [7, 11) is 0. The molecule has 0 spiro atoms. The first kappa shape index (κ1) is 12.4. The molecule has 0 saturated carbocycles. The fourth-order valence-electron chi connectivity index (χ4n) is 1.91. The van der Waals surface area contributed by atoms with E-state index < -0.39 is 11.6 Å². The van der Waals surface area contributed by atoms with Crippen molar-refractivity contribution in [3.63, 3.8) is 0 Å². The number of rotatable bonds is 1. The summed E-state index contributed by atoms with van der Waals surface area (Å²) in [6.07, 6.45) is 1.39. The fourth-order valence-corrected chi connectivity index (χ4v) is 3.30. The molecule has 0 aliphatic carbocycles. The highest BCUT2D eigenvalue weighted by molar-refractivity contribution is 7.23. The molecule has 0 radical (unpaired) electrons. The molecular formula is C13H7ClF2N2S. The van der Waals surface area contributed by atoms with Gasteiger partial charge in [0.25, 0.3) is 0 Å². The van der Waals surface area contributed by atoms with E-state index in [0.717, 1.165) is 26.7 Å². The van der Waals surface area contributed by atoms with Gasteiger partial charge in [-0.15, -0.1) is 11.3 Å². The van der Waals surface area contributed by atoms with Crippen molar-refractivity contribution in [3.05, 3.63) is 46.9 Å². The predicted octanol–water partition coefficient (Wildman–Crippen LogP) is 4.60. The number of thiophene rings is 1. The molecule has 0 bridgehead atoms. The van der Waals surface area contributed by atoms with Crippen LogP contribution in [0.1, 0.15) is 5.56 Å². The van der Waals surface area contributed by atoms with Gasteiger partial charge in [0.1, 0.15) is 11.5 Å². The number of nitrogens with zero attached hydrogens (tertiary/aromatic N) is 2. The summed E-state index contributed by atoms with van der Waals surface area (Å²) < 4.78 is 27.0. The van der Waals surface area contributed by atoms with Gasteiger partial charge in [0.05, 0.1) is 10.2 Å². The monoisotopic (exact) mass is 296 g/mol. The van der Waals surface area contributed by atoms with Gasteiger partial charge in [0, 0.05) is 4.88 Å². The Morgan fingerprint density at radius 3 is 2.63 bits per heavy atom. The number of aromatic nitrogens is 2. The largest absolute Gasteiger partial charge is 0.235 e. The summed E-state index contributed by atoms with van der Waals surface area (Å²) in [6, 6.07) is 3.83. The van der Waals surface area contributed by atoms with Crippen LogP contribution in [-0.2, 0) is 0 Å². The molecule has 0 saturated heterocycles. The van der Waals surface area contributed by atoms with Crippen molar-refractivity contribution < 1.29 is 8.78 Å². The molecule has 96 valence electrons. The predicted molar refractivity (Wildman–Crippen MR) is 72.5 cm³/mol. The van der Waals surface area contributed by atoms with Crippen LogP contribution in [0.15, 0.2) is 24.5 Å². The van der Waals surface area contributed by atoms with Crippen LogP contribution in [-0.4, -0.2) is 9.97 Å². The standard InChI is InChI=1S/C13H7ClF2N2S/c1-6-10-12(13(14)18-5-17-10)19-11(6)7-2-3-8(15)9(16)4-7/h2-5H,1H3. The number of hydrogen-bond donors (Lipinski definition) is 0. The number of hydrogen-bond acceptors (Lipinski definition) is 3. The Kier molecular flexibility index (Phi) is 2.95. The maximum atomic E-state index is 13.3. The topological polar surface area (TPSA) is 25.8 Å². The Hall–Kier alpha value is -1.59. The molecule has 0 fully saturated rings. The molecule has 2 heterocycles. The lowest BCUT2D eigenvalue weighted by atomic mass is 10.1. The smallest absolute Gasteiger partial charge is 0.159 e. The van der Waals surface area contributed by atoms with Crippen LogP contribution in [0, 0.1) is 18.6 Å². The Morgan fingerprint density at radius 2 is 1.95 bits per heavy atom. The quantitative estimate of drug-likeness (QED) is 0.613. The molecular weight excluding hydrogens is 290 g/mol. The van der Waals surface area contributed by atoms with Gasteiger partial charge in [0.2, 0.25) is 0 Å². The van der Waals surface area contributed by atoms with Crippen LogP contribution in [0.25, 0.3) is 20.7 Å². The second-order valence-corrected chi connectivity index (χ2v) is 5.41. The van der Waals surface area contributed by atoms with Crippen molar-refractivity contribution in [2.75, 3.05) is 0 Å². The summed E-state index contributed by atoms with van der Waals surface area (Å²) in [5, 5.41) is 0.368. The molecule has 0 atom stereocenters. The van der Waals surface area contributed by atoms with E-state index in [1.807, 2.05) is 6.92 Å². The molecule has 19 heavy (non-hydrogen) atoms. The van der Waals surface area contributed by atoms with Gasteiger partial charge in [-0.2, -0.15) is 0 Å². The molecule has 0 unspecified atom stereocenters. The van der Waals surface area contributed by atoms with Gasteiger partial charge < -0.3 is 0 Å². The molecule has 2 nitrogen and oxygen atoms in total. The van der Waals surface area contributed by atoms with Crippen molar-refractivity contribution in [2.24, 2.45) is 0 Å². The summed E-state index contributed by atoms with van der Waals surface area (Å²) in [4.78, 5) is 8.91. The third-order valence-corrected chi connectivity index (χ3v) is 4.58. The average Bonchev–Trinajstić information content (AvgIpc) is 2.72. The first-order valence-electron chi connectivity index (χ1n) is 5.43. The summed E-state index contributed by atoms with van der Waals surface area (Å²) in [5.74, 6) is -1.73. The van der Waals surface area contributed by atoms with Crippen LogP contribution in [0.4, 0.5) is 8.78 Å². The minimum absolute atomic E-state index is 0.368. The van der Waals surface area contributed by atoms with Crippen LogP contribution < -0.4 is 0 Å². The van der Waals surface area contributed by atoms with Crippen molar-refractivity contribution >= 4 is 33.2 Å². The normalized spacial score (nSPS) is 11.2. The van der Waals surface area contributed by atoms with E-state index in [1.165, 1.54) is 29.8 Å². The first-order chi connectivity index (χ1) is 9.08. The average molecular weight is 297 g/mol. The van der Waals surface area contributed by atoms with Crippen LogP contribution in [0.3, 0.4) is 0 Å². The number of benzene rings is 1. The molecule has 3 aromatic rings. The van der Waals surface area contributed by atoms with Crippen LogP contribution >= 0.6 is 22.9 Å². The molecule has 3 rings (SSSR count). The van der Waals surface area contributed by atoms with Gasteiger partial charge in [-0.1, -0.05) is 17.7 Å². The van der Waals surface area contributed by atoms with Crippen LogP contribution in [0.5, 0.6) is 0 Å². The zero-order valence-electron chi connectivity index (χ0n) is 9.75. The molecule has 0 amide bonds. The summed E-state index contributed by atoms with van der Waals surface area (Å²) in [6.45, 7) is 1.87. The third kappa shape index (κ3) is 1.99. The minimum atomic E-state index is -0.869. The zero-order chi connectivity index (χ0) is 13.6. The Morgan fingerprint density at radius 1 is 1.16 bits per heavy atom. The van der Waals surface area contributed by atoms with Crippen molar-refractivity contribution in [2.45, 2.75) is 6.92 Å². The number of fused-ring (bicyclic) bond motifs is 1. The second kappa shape index (κ2) is 4.51. The highest BCUT2D eigenvalue weighted by atomic mass is 35.5.